The number of aryl methyl sites for hydroxylation is 1. The number of carbonyl (C=O) groups is 1. The van der Waals surface area contributed by atoms with Gasteiger partial charge in [-0.15, -0.1) is 11.3 Å². The molecular weight excluding hydrogens is 258 g/mol. The molecule has 2 N–H and O–H groups in total. The first-order valence-electron chi connectivity index (χ1n) is 6.55. The average molecular weight is 275 g/mol. The highest BCUT2D eigenvalue weighted by atomic mass is 32.1. The van der Waals surface area contributed by atoms with Gasteiger partial charge in [-0.05, 0) is 44.0 Å². The highest BCUT2D eigenvalue weighted by molar-refractivity contribution is 7.18. The summed E-state index contributed by atoms with van der Waals surface area (Å²) in [5, 5.41) is 7.28. The number of benzene rings is 1. The molecule has 2 unspecified atom stereocenters. The van der Waals surface area contributed by atoms with Gasteiger partial charge in [0.05, 0.1) is 21.3 Å². The second-order valence-electron chi connectivity index (χ2n) is 5.10. The van der Waals surface area contributed by atoms with Crippen LogP contribution in [0.3, 0.4) is 0 Å². The largest absolute Gasteiger partial charge is 0.325 e. The van der Waals surface area contributed by atoms with Crippen molar-refractivity contribution in [2.45, 2.75) is 26.3 Å². The van der Waals surface area contributed by atoms with E-state index in [1.54, 1.807) is 11.3 Å². The van der Waals surface area contributed by atoms with Crippen molar-refractivity contribution in [2.24, 2.45) is 5.92 Å². The molecule has 100 valence electrons. The summed E-state index contributed by atoms with van der Waals surface area (Å²) in [4.78, 5) is 16.6. The van der Waals surface area contributed by atoms with Crippen LogP contribution in [0.25, 0.3) is 10.2 Å². The van der Waals surface area contributed by atoms with Gasteiger partial charge >= 0.3 is 0 Å². The zero-order valence-corrected chi connectivity index (χ0v) is 11.9. The van der Waals surface area contributed by atoms with Gasteiger partial charge in [-0.3, -0.25) is 4.79 Å². The Morgan fingerprint density at radius 1 is 1.53 bits per heavy atom. The standard InChI is InChI=1S/C14H17N3OS/c1-8-5-6-15-13(8)14(18)17-10-3-4-11-12(7-10)19-9(2)16-11/h3-4,7-8,13,15H,5-6H2,1-2H3,(H,17,18). The third-order valence-corrected chi connectivity index (χ3v) is 4.51. The lowest BCUT2D eigenvalue weighted by Crippen LogP contribution is -2.39. The molecule has 2 atom stereocenters. The molecule has 1 fully saturated rings. The Morgan fingerprint density at radius 3 is 3.11 bits per heavy atom. The van der Waals surface area contributed by atoms with E-state index in [1.165, 1.54) is 0 Å². The minimum Gasteiger partial charge on any atom is -0.325 e. The van der Waals surface area contributed by atoms with Crippen LogP contribution in [-0.2, 0) is 4.79 Å². The molecule has 4 nitrogen and oxygen atoms in total. The second-order valence-corrected chi connectivity index (χ2v) is 6.34. The van der Waals surface area contributed by atoms with Gasteiger partial charge in [-0.2, -0.15) is 0 Å². The van der Waals surface area contributed by atoms with Crippen molar-refractivity contribution in [1.82, 2.24) is 10.3 Å². The normalized spacial score (nSPS) is 22.8. The monoisotopic (exact) mass is 275 g/mol. The maximum atomic E-state index is 12.2. The van der Waals surface area contributed by atoms with Crippen molar-refractivity contribution in [3.05, 3.63) is 23.2 Å². The minimum absolute atomic E-state index is 0.0607. The second kappa shape index (κ2) is 4.90. The SMILES string of the molecule is Cc1nc2ccc(NC(=O)C3NCCC3C)cc2s1. The maximum Gasteiger partial charge on any atom is 0.241 e. The summed E-state index contributed by atoms with van der Waals surface area (Å²) in [7, 11) is 0. The third-order valence-electron chi connectivity index (χ3n) is 3.58. The van der Waals surface area contributed by atoms with Crippen LogP contribution in [0.15, 0.2) is 18.2 Å². The number of rotatable bonds is 2. The molecule has 5 heteroatoms. The van der Waals surface area contributed by atoms with Gasteiger partial charge in [0.1, 0.15) is 0 Å². The minimum atomic E-state index is -0.0705. The van der Waals surface area contributed by atoms with Crippen molar-refractivity contribution in [2.75, 3.05) is 11.9 Å². The molecule has 1 aliphatic heterocycles. The topological polar surface area (TPSA) is 54.0 Å². The number of anilines is 1. The molecule has 0 spiro atoms. The predicted molar refractivity (Wildman–Crippen MR) is 78.6 cm³/mol. The highest BCUT2D eigenvalue weighted by Gasteiger charge is 2.29. The van der Waals surface area contributed by atoms with Crippen LogP contribution >= 0.6 is 11.3 Å². The molecule has 0 radical (unpaired) electrons. The Morgan fingerprint density at radius 2 is 2.37 bits per heavy atom. The lowest BCUT2D eigenvalue weighted by Gasteiger charge is -2.15. The van der Waals surface area contributed by atoms with E-state index in [4.69, 9.17) is 0 Å². The summed E-state index contributed by atoms with van der Waals surface area (Å²) in [6, 6.07) is 5.80. The predicted octanol–water partition coefficient (Wildman–Crippen LogP) is 2.54. The van der Waals surface area contributed by atoms with Crippen LogP contribution < -0.4 is 10.6 Å². The zero-order valence-electron chi connectivity index (χ0n) is 11.1. The molecule has 2 heterocycles. The molecular formula is C14H17N3OS. The van der Waals surface area contributed by atoms with E-state index in [1.807, 2.05) is 25.1 Å². The van der Waals surface area contributed by atoms with Crippen LogP contribution in [0.1, 0.15) is 18.4 Å². The first-order chi connectivity index (χ1) is 9.13. The Kier molecular flexibility index (Phi) is 3.24. The summed E-state index contributed by atoms with van der Waals surface area (Å²) in [5.74, 6) is 0.458. The fourth-order valence-corrected chi connectivity index (χ4v) is 3.39. The lowest BCUT2D eigenvalue weighted by molar-refractivity contribution is -0.118. The molecule has 1 aromatic heterocycles. The van der Waals surface area contributed by atoms with Crippen molar-refractivity contribution in [3.63, 3.8) is 0 Å². The fraction of sp³-hybridized carbons (Fsp3) is 0.429. The quantitative estimate of drug-likeness (QED) is 0.885. The third kappa shape index (κ3) is 2.48. The Labute approximate surface area is 116 Å². The van der Waals surface area contributed by atoms with Crippen LogP contribution in [0.2, 0.25) is 0 Å². The molecule has 0 aliphatic carbocycles. The molecule has 19 heavy (non-hydrogen) atoms. The number of hydrogen-bond acceptors (Lipinski definition) is 4. The van der Waals surface area contributed by atoms with E-state index in [2.05, 4.69) is 22.5 Å². The summed E-state index contributed by atoms with van der Waals surface area (Å²) >= 11 is 1.65. The van der Waals surface area contributed by atoms with Crippen molar-refractivity contribution in [1.29, 1.82) is 0 Å². The average Bonchev–Trinajstić information content (AvgIpc) is 2.93. The first-order valence-corrected chi connectivity index (χ1v) is 7.36. The number of nitrogens with one attached hydrogen (secondary N) is 2. The van der Waals surface area contributed by atoms with Crippen LogP contribution in [0, 0.1) is 12.8 Å². The van der Waals surface area contributed by atoms with Gasteiger partial charge < -0.3 is 10.6 Å². The number of nitrogens with zero attached hydrogens (tertiary/aromatic N) is 1. The number of thiazole rings is 1. The molecule has 1 saturated heterocycles. The van der Waals surface area contributed by atoms with Gasteiger partial charge in [0.25, 0.3) is 0 Å². The van der Waals surface area contributed by atoms with Crippen molar-refractivity contribution in [3.8, 4) is 0 Å². The fourth-order valence-electron chi connectivity index (χ4n) is 2.52. The van der Waals surface area contributed by atoms with Crippen LogP contribution in [0.5, 0.6) is 0 Å². The first kappa shape index (κ1) is 12.6. The molecule has 0 bridgehead atoms. The van der Waals surface area contributed by atoms with E-state index in [-0.39, 0.29) is 11.9 Å². The van der Waals surface area contributed by atoms with E-state index in [9.17, 15) is 4.79 Å². The molecule has 1 aromatic carbocycles. The van der Waals surface area contributed by atoms with Crippen molar-refractivity contribution >= 4 is 33.1 Å². The molecule has 2 aromatic rings. The Bertz CT molecular complexity index is 622. The van der Waals surface area contributed by atoms with Gasteiger partial charge in [0.2, 0.25) is 5.91 Å². The van der Waals surface area contributed by atoms with Gasteiger partial charge in [0, 0.05) is 5.69 Å². The van der Waals surface area contributed by atoms with Gasteiger partial charge in [0.15, 0.2) is 0 Å². The summed E-state index contributed by atoms with van der Waals surface area (Å²) in [6.45, 7) is 5.03. The van der Waals surface area contributed by atoms with E-state index in [0.717, 1.165) is 33.9 Å². The number of aromatic nitrogens is 1. The summed E-state index contributed by atoms with van der Waals surface area (Å²) < 4.78 is 1.11. The summed E-state index contributed by atoms with van der Waals surface area (Å²) in [5.41, 5.74) is 1.84. The van der Waals surface area contributed by atoms with Gasteiger partial charge in [-0.25, -0.2) is 4.98 Å². The van der Waals surface area contributed by atoms with Crippen molar-refractivity contribution < 1.29 is 4.79 Å². The lowest BCUT2D eigenvalue weighted by atomic mass is 10.0. The number of carbonyl (C=O) groups excluding carboxylic acids is 1. The van der Waals surface area contributed by atoms with Crippen LogP contribution in [-0.4, -0.2) is 23.5 Å². The number of hydrogen-bond donors (Lipinski definition) is 2. The number of amides is 1. The highest BCUT2D eigenvalue weighted by Crippen LogP contribution is 2.25. The molecule has 3 rings (SSSR count). The smallest absolute Gasteiger partial charge is 0.241 e. The van der Waals surface area contributed by atoms with E-state index in [0.29, 0.717) is 5.92 Å². The zero-order chi connectivity index (χ0) is 13.4. The number of fused-ring (bicyclic) bond motifs is 1. The Hall–Kier alpha value is -1.46. The van der Waals surface area contributed by atoms with E-state index >= 15 is 0 Å². The molecule has 1 aliphatic rings. The van der Waals surface area contributed by atoms with Crippen LogP contribution in [0.4, 0.5) is 5.69 Å². The summed E-state index contributed by atoms with van der Waals surface area (Å²) in [6.07, 6.45) is 1.06. The van der Waals surface area contributed by atoms with E-state index < -0.39 is 0 Å². The molecule has 1 amide bonds. The Balaban J connectivity index is 1.79. The van der Waals surface area contributed by atoms with Gasteiger partial charge in [-0.1, -0.05) is 6.92 Å². The maximum absolute atomic E-state index is 12.2. The molecule has 0 saturated carbocycles.